The molecule has 0 fully saturated rings. The third kappa shape index (κ3) is 12.8. The summed E-state index contributed by atoms with van der Waals surface area (Å²) in [5.74, 6) is 0. The Bertz CT molecular complexity index is 2380. The van der Waals surface area contributed by atoms with Crippen LogP contribution >= 0.6 is 0 Å². The lowest BCUT2D eigenvalue weighted by atomic mass is 9.91. The molecule has 0 heteroatoms. The van der Waals surface area contributed by atoms with Crippen LogP contribution in [0.3, 0.4) is 0 Å². The molecule has 0 amide bonds. The molecular formula is C58H60. The molecule has 0 unspecified atom stereocenters. The summed E-state index contributed by atoms with van der Waals surface area (Å²) < 4.78 is 0. The molecule has 0 atom stereocenters. The highest BCUT2D eigenvalue weighted by molar-refractivity contribution is 5.97. The first-order valence-corrected chi connectivity index (χ1v) is 20.4. The summed E-state index contributed by atoms with van der Waals surface area (Å²) in [6, 6.07) is 62.0. The van der Waals surface area contributed by atoms with E-state index in [-0.39, 0.29) is 0 Å². The predicted molar refractivity (Wildman–Crippen MR) is 259 cm³/mol. The smallest absolute Gasteiger partial charge is 0.0109 e. The standard InChI is InChI=1S/C28H26.C21H20.C7H8.C2H6/c1-4-6-8-16-27(28-17-12-11-13-23(28)5-2)22(3)24-18-20-26(21-19-24)25-14-9-7-10-15-25;1-15-8-11-18(12-9-15)19-13-10-17(3)21(14-19)20-7-5-4-6-16(20)2;1-7-5-3-2-4-6-7;1-2/h4-21H,2H2,1,3H3;4-14H,1-3H3;2-6H,1H3;1-2H3/b6-4+,16-8-,27-22+;;;. The lowest BCUT2D eigenvalue weighted by molar-refractivity contribution is 1.40. The van der Waals surface area contributed by atoms with E-state index in [0.717, 1.165) is 5.56 Å². The van der Waals surface area contributed by atoms with Gasteiger partial charge in [0, 0.05) is 0 Å². The van der Waals surface area contributed by atoms with Crippen LogP contribution in [-0.2, 0) is 0 Å². The van der Waals surface area contributed by atoms with Crippen molar-refractivity contribution >= 4 is 17.2 Å². The number of hydrogen-bond donors (Lipinski definition) is 0. The van der Waals surface area contributed by atoms with Gasteiger partial charge >= 0.3 is 0 Å². The fourth-order valence-electron chi connectivity index (χ4n) is 6.55. The Balaban J connectivity index is 0.000000217. The number of aryl methyl sites for hydroxylation is 4. The Hall–Kier alpha value is -6.50. The second-order valence-corrected chi connectivity index (χ2v) is 14.0. The fraction of sp³-hybridized carbons (Fsp3) is 0.138. The Labute approximate surface area is 350 Å². The summed E-state index contributed by atoms with van der Waals surface area (Å²) in [5.41, 5.74) is 18.9. The first-order valence-electron chi connectivity index (χ1n) is 20.4. The molecule has 7 rings (SSSR count). The van der Waals surface area contributed by atoms with Crippen molar-refractivity contribution in [2.75, 3.05) is 0 Å². The lowest BCUT2D eigenvalue weighted by Gasteiger charge is -2.13. The molecule has 0 bridgehead atoms. The minimum Gasteiger partial charge on any atom is -0.0984 e. The highest BCUT2D eigenvalue weighted by Crippen LogP contribution is 2.33. The first kappa shape index (κ1) is 44.2. The molecule has 0 radical (unpaired) electrons. The second-order valence-electron chi connectivity index (χ2n) is 14.0. The van der Waals surface area contributed by atoms with Crippen LogP contribution in [0.4, 0.5) is 0 Å². The van der Waals surface area contributed by atoms with E-state index in [1.165, 1.54) is 77.9 Å². The summed E-state index contributed by atoms with van der Waals surface area (Å²) in [7, 11) is 0. The van der Waals surface area contributed by atoms with Gasteiger partial charge in [-0.05, 0) is 120 Å². The first-order chi connectivity index (χ1) is 28.3. The van der Waals surface area contributed by atoms with Gasteiger partial charge in [0.15, 0.2) is 0 Å². The zero-order valence-corrected chi connectivity index (χ0v) is 35.8. The largest absolute Gasteiger partial charge is 0.0984 e. The summed E-state index contributed by atoms with van der Waals surface area (Å²) in [6.07, 6.45) is 10.3. The summed E-state index contributed by atoms with van der Waals surface area (Å²) in [6.45, 7) is 20.8. The van der Waals surface area contributed by atoms with Crippen LogP contribution in [0.2, 0.25) is 0 Å². The van der Waals surface area contributed by atoms with Gasteiger partial charge in [-0.2, -0.15) is 0 Å². The van der Waals surface area contributed by atoms with Crippen LogP contribution in [0.15, 0.2) is 207 Å². The van der Waals surface area contributed by atoms with Crippen LogP contribution in [0.1, 0.15) is 66.6 Å². The van der Waals surface area contributed by atoms with Crippen molar-refractivity contribution in [2.24, 2.45) is 0 Å². The van der Waals surface area contributed by atoms with Gasteiger partial charge in [0.05, 0.1) is 0 Å². The van der Waals surface area contributed by atoms with Gasteiger partial charge < -0.3 is 0 Å². The van der Waals surface area contributed by atoms with E-state index >= 15 is 0 Å². The molecule has 58 heavy (non-hydrogen) atoms. The van der Waals surface area contributed by atoms with E-state index in [4.69, 9.17) is 0 Å². The maximum absolute atomic E-state index is 3.99. The summed E-state index contributed by atoms with van der Waals surface area (Å²) in [4.78, 5) is 0. The molecule has 0 aliphatic heterocycles. The van der Waals surface area contributed by atoms with Crippen molar-refractivity contribution in [3.63, 3.8) is 0 Å². The van der Waals surface area contributed by atoms with E-state index in [9.17, 15) is 0 Å². The van der Waals surface area contributed by atoms with E-state index < -0.39 is 0 Å². The second kappa shape index (κ2) is 23.5. The van der Waals surface area contributed by atoms with Crippen LogP contribution in [0, 0.1) is 27.7 Å². The minimum absolute atomic E-state index is 1.14. The topological polar surface area (TPSA) is 0 Å². The molecule has 7 aromatic rings. The van der Waals surface area contributed by atoms with Crippen LogP contribution < -0.4 is 0 Å². The summed E-state index contributed by atoms with van der Waals surface area (Å²) >= 11 is 0. The molecule has 292 valence electrons. The van der Waals surface area contributed by atoms with Gasteiger partial charge in [0.25, 0.3) is 0 Å². The average Bonchev–Trinajstić information content (AvgIpc) is 3.27. The number of hydrogen-bond acceptors (Lipinski definition) is 0. The lowest BCUT2D eigenvalue weighted by Crippen LogP contribution is -1.91. The number of allylic oxidation sites excluding steroid dienone is 6. The van der Waals surface area contributed by atoms with Gasteiger partial charge in [-0.25, -0.2) is 0 Å². The molecule has 0 aromatic heterocycles. The summed E-state index contributed by atoms with van der Waals surface area (Å²) in [5, 5.41) is 0. The molecular weight excluding hydrogens is 697 g/mol. The monoisotopic (exact) mass is 756 g/mol. The van der Waals surface area contributed by atoms with Gasteiger partial charge in [0.1, 0.15) is 0 Å². The normalized spacial score (nSPS) is 11.0. The van der Waals surface area contributed by atoms with E-state index in [0.29, 0.717) is 0 Å². The zero-order chi connectivity index (χ0) is 41.7. The third-order valence-corrected chi connectivity index (χ3v) is 9.86. The van der Waals surface area contributed by atoms with Crippen molar-refractivity contribution in [3.8, 4) is 33.4 Å². The number of benzene rings is 7. The number of rotatable bonds is 8. The molecule has 0 aliphatic rings. The molecule has 0 saturated carbocycles. The van der Waals surface area contributed by atoms with Gasteiger partial charge in [0.2, 0.25) is 0 Å². The van der Waals surface area contributed by atoms with E-state index in [2.05, 4.69) is 211 Å². The highest BCUT2D eigenvalue weighted by Gasteiger charge is 2.10. The highest BCUT2D eigenvalue weighted by atomic mass is 14.1. The maximum atomic E-state index is 3.99. The fourth-order valence-corrected chi connectivity index (χ4v) is 6.55. The quantitative estimate of drug-likeness (QED) is 0.107. The minimum atomic E-state index is 1.14. The van der Waals surface area contributed by atoms with Crippen LogP contribution in [0.5, 0.6) is 0 Å². The van der Waals surface area contributed by atoms with E-state index in [1.807, 2.05) is 57.2 Å². The Kier molecular flexibility index (Phi) is 17.9. The zero-order valence-electron chi connectivity index (χ0n) is 35.8. The molecule has 0 saturated heterocycles. The Morgan fingerprint density at radius 2 is 0.966 bits per heavy atom. The molecule has 0 heterocycles. The SMILES string of the molecule is C=Cc1ccccc1C(/C=C\C=C\C)=C(\C)c1ccc(-c2ccccc2)cc1.CC.Cc1ccc(-c2ccc(C)c(-c3ccccc3C)c2)cc1.Cc1ccccc1. The van der Waals surface area contributed by atoms with Crippen molar-refractivity contribution in [1.29, 1.82) is 0 Å². The van der Waals surface area contributed by atoms with Crippen LogP contribution in [-0.4, -0.2) is 0 Å². The van der Waals surface area contributed by atoms with Gasteiger partial charge in [-0.15, -0.1) is 0 Å². The molecule has 0 N–H and O–H groups in total. The average molecular weight is 757 g/mol. The molecule has 0 nitrogen and oxygen atoms in total. The Morgan fingerprint density at radius 3 is 1.57 bits per heavy atom. The predicted octanol–water partition coefficient (Wildman–Crippen LogP) is 17.0. The molecule has 0 spiro atoms. The van der Waals surface area contributed by atoms with Crippen molar-refractivity contribution in [2.45, 2.75) is 55.4 Å². The van der Waals surface area contributed by atoms with Crippen molar-refractivity contribution in [1.82, 2.24) is 0 Å². The van der Waals surface area contributed by atoms with Gasteiger partial charge in [-0.1, -0.05) is 232 Å². The maximum Gasteiger partial charge on any atom is -0.0109 e. The van der Waals surface area contributed by atoms with Crippen molar-refractivity contribution in [3.05, 3.63) is 246 Å². The van der Waals surface area contributed by atoms with Gasteiger partial charge in [-0.3, -0.25) is 0 Å². The Morgan fingerprint density at radius 1 is 0.466 bits per heavy atom. The van der Waals surface area contributed by atoms with Crippen LogP contribution in [0.25, 0.3) is 50.6 Å². The van der Waals surface area contributed by atoms with Crippen molar-refractivity contribution < 1.29 is 0 Å². The molecule has 7 aromatic carbocycles. The van der Waals surface area contributed by atoms with E-state index in [1.54, 1.807) is 0 Å². The molecule has 0 aliphatic carbocycles. The third-order valence-electron chi connectivity index (χ3n) is 9.86.